The average molecular weight is 309 g/mol. The van der Waals surface area contributed by atoms with Crippen molar-refractivity contribution in [3.8, 4) is 0 Å². The van der Waals surface area contributed by atoms with Crippen molar-refractivity contribution in [2.75, 3.05) is 11.9 Å². The highest BCUT2D eigenvalue weighted by Gasteiger charge is 2.14. The Morgan fingerprint density at radius 3 is 2.86 bits per heavy atom. The maximum absolute atomic E-state index is 11.2. The van der Waals surface area contributed by atoms with Gasteiger partial charge in [0, 0.05) is 25.4 Å². The van der Waals surface area contributed by atoms with Gasteiger partial charge in [-0.25, -0.2) is 9.89 Å². The van der Waals surface area contributed by atoms with Gasteiger partial charge in [-0.15, -0.1) is 5.10 Å². The fourth-order valence-corrected chi connectivity index (χ4v) is 2.63. The van der Waals surface area contributed by atoms with E-state index < -0.39 is 4.92 Å². The van der Waals surface area contributed by atoms with Gasteiger partial charge in [-0.2, -0.15) is 0 Å². The summed E-state index contributed by atoms with van der Waals surface area (Å²) in [6.45, 7) is 2.50. The van der Waals surface area contributed by atoms with E-state index in [4.69, 9.17) is 0 Å². The number of rotatable bonds is 6. The molecule has 0 spiro atoms. The molecule has 2 aromatic rings. The van der Waals surface area contributed by atoms with Crippen LogP contribution < -0.4 is 11.0 Å². The molecular formula is C12H15N5O3S. The molecular weight excluding hydrogens is 294 g/mol. The molecule has 0 radical (unpaired) electrons. The maximum atomic E-state index is 11.2. The predicted octanol–water partition coefficient (Wildman–Crippen LogP) is 1.74. The van der Waals surface area contributed by atoms with E-state index in [9.17, 15) is 14.9 Å². The van der Waals surface area contributed by atoms with Gasteiger partial charge in [0.15, 0.2) is 5.16 Å². The zero-order valence-corrected chi connectivity index (χ0v) is 12.4. The maximum Gasteiger partial charge on any atom is 0.343 e. The van der Waals surface area contributed by atoms with E-state index >= 15 is 0 Å². The molecule has 0 saturated carbocycles. The lowest BCUT2D eigenvalue weighted by Gasteiger charge is -2.06. The van der Waals surface area contributed by atoms with Gasteiger partial charge in [0.05, 0.1) is 4.92 Å². The average Bonchev–Trinajstić information content (AvgIpc) is 2.78. The van der Waals surface area contributed by atoms with Crippen molar-refractivity contribution in [3.05, 3.63) is 44.4 Å². The highest BCUT2D eigenvalue weighted by atomic mass is 32.2. The number of aromatic amines is 1. The molecule has 0 aliphatic heterocycles. The van der Waals surface area contributed by atoms with E-state index in [1.54, 1.807) is 13.1 Å². The fourth-order valence-electron chi connectivity index (χ4n) is 1.77. The van der Waals surface area contributed by atoms with Crippen molar-refractivity contribution in [1.29, 1.82) is 0 Å². The Morgan fingerprint density at radius 2 is 2.29 bits per heavy atom. The van der Waals surface area contributed by atoms with Gasteiger partial charge < -0.3 is 5.32 Å². The summed E-state index contributed by atoms with van der Waals surface area (Å²) in [4.78, 5) is 21.9. The summed E-state index contributed by atoms with van der Waals surface area (Å²) >= 11 is 1.34. The lowest BCUT2D eigenvalue weighted by Crippen LogP contribution is -2.12. The van der Waals surface area contributed by atoms with Crippen LogP contribution in [0.5, 0.6) is 0 Å². The molecule has 21 heavy (non-hydrogen) atoms. The third-order valence-electron chi connectivity index (χ3n) is 2.83. The van der Waals surface area contributed by atoms with Gasteiger partial charge in [0.2, 0.25) is 0 Å². The lowest BCUT2D eigenvalue weighted by molar-refractivity contribution is -0.384. The Kier molecular flexibility index (Phi) is 4.63. The Morgan fingerprint density at radius 1 is 1.52 bits per heavy atom. The number of nitrogens with zero attached hydrogens (tertiary/aromatic N) is 3. The molecule has 0 fully saturated rings. The van der Waals surface area contributed by atoms with Gasteiger partial charge in [0.1, 0.15) is 5.69 Å². The number of nitro benzene ring substituents is 1. The van der Waals surface area contributed by atoms with Gasteiger partial charge in [-0.05, 0) is 18.6 Å². The van der Waals surface area contributed by atoms with Crippen LogP contribution in [-0.2, 0) is 12.8 Å². The van der Waals surface area contributed by atoms with Crippen LogP contribution >= 0.6 is 11.8 Å². The summed E-state index contributed by atoms with van der Waals surface area (Å²) < 4.78 is 1.39. The molecule has 1 aromatic heterocycles. The second-order valence-corrected chi connectivity index (χ2v) is 5.24. The van der Waals surface area contributed by atoms with Crippen LogP contribution in [0, 0.1) is 10.1 Å². The standard InChI is InChI=1S/C12H15N5O3S/c1-3-13-9-5-4-8(6-10(9)17(19)20)7-21-12-15-14-11(18)16(12)2/h4-6,13H,3,7H2,1-2H3,(H,14,18). The van der Waals surface area contributed by atoms with Crippen molar-refractivity contribution in [2.45, 2.75) is 17.8 Å². The first kappa shape index (κ1) is 15.1. The van der Waals surface area contributed by atoms with Crippen LogP contribution in [0.3, 0.4) is 0 Å². The van der Waals surface area contributed by atoms with Crippen LogP contribution in [-0.4, -0.2) is 26.2 Å². The number of hydrogen-bond acceptors (Lipinski definition) is 6. The van der Waals surface area contributed by atoms with E-state index in [2.05, 4.69) is 15.5 Å². The van der Waals surface area contributed by atoms with Gasteiger partial charge in [-0.3, -0.25) is 14.7 Å². The van der Waals surface area contributed by atoms with Gasteiger partial charge in [0.25, 0.3) is 5.69 Å². The lowest BCUT2D eigenvalue weighted by atomic mass is 10.2. The zero-order chi connectivity index (χ0) is 15.4. The van der Waals surface area contributed by atoms with Crippen LogP contribution in [0.1, 0.15) is 12.5 Å². The third-order valence-corrected chi connectivity index (χ3v) is 3.93. The second-order valence-electron chi connectivity index (χ2n) is 4.30. The number of anilines is 1. The van der Waals surface area contributed by atoms with E-state index in [1.807, 2.05) is 13.0 Å². The minimum atomic E-state index is -0.406. The zero-order valence-electron chi connectivity index (χ0n) is 11.6. The normalized spacial score (nSPS) is 10.6. The molecule has 0 bridgehead atoms. The summed E-state index contributed by atoms with van der Waals surface area (Å²) in [6, 6.07) is 5.06. The van der Waals surface area contributed by atoms with Crippen LogP contribution in [0.4, 0.5) is 11.4 Å². The third kappa shape index (κ3) is 3.43. The molecule has 1 heterocycles. The van der Waals surface area contributed by atoms with Gasteiger partial charge in [-0.1, -0.05) is 17.8 Å². The minimum Gasteiger partial charge on any atom is -0.380 e. The molecule has 2 N–H and O–H groups in total. The molecule has 0 aliphatic carbocycles. The molecule has 112 valence electrons. The Balaban J connectivity index is 2.17. The number of benzene rings is 1. The molecule has 8 nitrogen and oxygen atoms in total. The molecule has 2 rings (SSSR count). The van der Waals surface area contributed by atoms with Crippen molar-refractivity contribution in [1.82, 2.24) is 14.8 Å². The number of H-pyrrole nitrogens is 1. The number of hydrogen-bond donors (Lipinski definition) is 2. The second kappa shape index (κ2) is 6.44. The molecule has 1 aromatic carbocycles. The first-order chi connectivity index (χ1) is 10.0. The Bertz CT molecular complexity index is 709. The quantitative estimate of drug-likeness (QED) is 0.478. The van der Waals surface area contributed by atoms with Gasteiger partial charge >= 0.3 is 5.69 Å². The molecule has 0 atom stereocenters. The first-order valence-electron chi connectivity index (χ1n) is 6.28. The smallest absolute Gasteiger partial charge is 0.343 e. The molecule has 0 saturated heterocycles. The van der Waals surface area contributed by atoms with E-state index in [0.717, 1.165) is 5.56 Å². The fraction of sp³-hybridized carbons (Fsp3) is 0.333. The first-order valence-corrected chi connectivity index (χ1v) is 7.27. The number of nitrogens with one attached hydrogen (secondary N) is 2. The SMILES string of the molecule is CCNc1ccc(CSc2n[nH]c(=O)n2C)cc1[N+](=O)[O-]. The summed E-state index contributed by atoms with van der Waals surface area (Å²) in [6.07, 6.45) is 0. The van der Waals surface area contributed by atoms with E-state index in [-0.39, 0.29) is 11.4 Å². The number of nitro groups is 1. The van der Waals surface area contributed by atoms with E-state index in [0.29, 0.717) is 23.1 Å². The Hall–Kier alpha value is -2.29. The molecule has 0 unspecified atom stereocenters. The van der Waals surface area contributed by atoms with Crippen molar-refractivity contribution >= 4 is 23.1 Å². The van der Waals surface area contributed by atoms with Crippen LogP contribution in [0.2, 0.25) is 0 Å². The van der Waals surface area contributed by atoms with Crippen molar-refractivity contribution < 1.29 is 4.92 Å². The number of aromatic nitrogens is 3. The van der Waals surface area contributed by atoms with Crippen molar-refractivity contribution in [3.63, 3.8) is 0 Å². The van der Waals surface area contributed by atoms with E-state index in [1.165, 1.54) is 22.4 Å². The highest BCUT2D eigenvalue weighted by Crippen LogP contribution is 2.28. The number of thioether (sulfide) groups is 1. The highest BCUT2D eigenvalue weighted by molar-refractivity contribution is 7.98. The minimum absolute atomic E-state index is 0.0471. The Labute approximate surface area is 124 Å². The topological polar surface area (TPSA) is 106 Å². The largest absolute Gasteiger partial charge is 0.380 e. The van der Waals surface area contributed by atoms with Crippen LogP contribution in [0.25, 0.3) is 0 Å². The molecule has 9 heteroatoms. The molecule has 0 amide bonds. The summed E-state index contributed by atoms with van der Waals surface area (Å²) in [5, 5.41) is 20.8. The molecule has 0 aliphatic rings. The summed E-state index contributed by atoms with van der Waals surface area (Å²) in [5.74, 6) is 0.491. The van der Waals surface area contributed by atoms with Crippen molar-refractivity contribution in [2.24, 2.45) is 7.05 Å². The monoisotopic (exact) mass is 309 g/mol. The predicted molar refractivity (Wildman–Crippen MR) is 80.6 cm³/mol. The summed E-state index contributed by atoms with van der Waals surface area (Å²) in [5.41, 5.74) is 1.06. The summed E-state index contributed by atoms with van der Waals surface area (Å²) in [7, 11) is 1.62. The van der Waals surface area contributed by atoms with Crippen LogP contribution in [0.15, 0.2) is 28.2 Å².